The molecule has 0 atom stereocenters. The fourth-order valence-corrected chi connectivity index (χ4v) is 3.32. The summed E-state index contributed by atoms with van der Waals surface area (Å²) in [5.74, 6) is -0.0854. The van der Waals surface area contributed by atoms with Crippen LogP contribution in [0.25, 0.3) is 0 Å². The van der Waals surface area contributed by atoms with E-state index in [1.807, 2.05) is 6.07 Å². The topological polar surface area (TPSA) is 3.24 Å². The van der Waals surface area contributed by atoms with Gasteiger partial charge in [0.2, 0.25) is 0 Å². The molecule has 3 heteroatoms. The lowest BCUT2D eigenvalue weighted by Crippen LogP contribution is -2.59. The highest BCUT2D eigenvalue weighted by Crippen LogP contribution is 2.48. The average molecular weight is 284 g/mol. The summed E-state index contributed by atoms with van der Waals surface area (Å²) in [4.78, 5) is 2.35. The van der Waals surface area contributed by atoms with Gasteiger partial charge < -0.3 is 0 Å². The van der Waals surface area contributed by atoms with Gasteiger partial charge >= 0.3 is 0 Å². The molecule has 1 heterocycles. The van der Waals surface area contributed by atoms with E-state index in [0.717, 1.165) is 16.6 Å². The summed E-state index contributed by atoms with van der Waals surface area (Å²) in [7, 11) is 0. The van der Waals surface area contributed by atoms with Crippen molar-refractivity contribution in [3.63, 3.8) is 0 Å². The molecule has 0 radical (unpaired) electrons. The molecule has 1 saturated heterocycles. The monoisotopic (exact) mass is 283 g/mol. The molecule has 0 amide bonds. The Morgan fingerprint density at radius 2 is 2.06 bits per heavy atom. The maximum Gasteiger partial charge on any atom is 0.127 e. The molecule has 0 N–H and O–H groups in total. The highest BCUT2D eigenvalue weighted by atomic mass is 79.9. The minimum atomic E-state index is -0.0854. The lowest BCUT2D eigenvalue weighted by molar-refractivity contribution is -0.0649. The van der Waals surface area contributed by atoms with Crippen molar-refractivity contribution in [2.75, 3.05) is 13.1 Å². The lowest BCUT2D eigenvalue weighted by atomic mass is 9.63. The first-order valence-corrected chi connectivity index (χ1v) is 6.63. The van der Waals surface area contributed by atoms with Crippen molar-refractivity contribution >= 4 is 15.9 Å². The van der Waals surface area contributed by atoms with Gasteiger partial charge in [0.1, 0.15) is 5.82 Å². The van der Waals surface area contributed by atoms with Crippen molar-refractivity contribution in [1.29, 1.82) is 0 Å². The van der Waals surface area contributed by atoms with Crippen LogP contribution in [0.2, 0.25) is 0 Å². The van der Waals surface area contributed by atoms with Crippen LogP contribution >= 0.6 is 15.9 Å². The molecule has 86 valence electrons. The molecule has 2 fully saturated rings. The first-order chi connectivity index (χ1) is 7.67. The predicted molar refractivity (Wildman–Crippen MR) is 65.7 cm³/mol. The van der Waals surface area contributed by atoms with Crippen LogP contribution in [-0.2, 0) is 6.54 Å². The molecular weight excluding hydrogens is 269 g/mol. The van der Waals surface area contributed by atoms with Crippen molar-refractivity contribution in [3.05, 3.63) is 34.1 Å². The minimum Gasteiger partial charge on any atom is -0.298 e. The highest BCUT2D eigenvalue weighted by Gasteiger charge is 2.46. The summed E-state index contributed by atoms with van der Waals surface area (Å²) in [5, 5.41) is 0. The van der Waals surface area contributed by atoms with Crippen molar-refractivity contribution in [2.24, 2.45) is 5.41 Å². The normalized spacial score (nSPS) is 22.9. The SMILES string of the molecule is Fc1ccc(Br)cc1CN1CC2(CCC2)C1. The van der Waals surface area contributed by atoms with Gasteiger partial charge in [-0.15, -0.1) is 0 Å². The van der Waals surface area contributed by atoms with E-state index in [-0.39, 0.29) is 5.82 Å². The second-order valence-electron chi connectivity index (χ2n) is 5.23. The summed E-state index contributed by atoms with van der Waals surface area (Å²) in [6.45, 7) is 3.09. The first kappa shape index (κ1) is 10.7. The Labute approximate surface area is 104 Å². The Hall–Kier alpha value is -0.410. The Morgan fingerprint density at radius 3 is 2.69 bits per heavy atom. The number of benzene rings is 1. The molecule has 16 heavy (non-hydrogen) atoms. The van der Waals surface area contributed by atoms with Crippen LogP contribution in [0.5, 0.6) is 0 Å². The fourth-order valence-electron chi connectivity index (χ4n) is 2.91. The van der Waals surface area contributed by atoms with Crippen LogP contribution < -0.4 is 0 Å². The van der Waals surface area contributed by atoms with Gasteiger partial charge in [-0.25, -0.2) is 4.39 Å². The Kier molecular flexibility index (Phi) is 2.55. The molecule has 1 aliphatic carbocycles. The number of likely N-dealkylation sites (tertiary alicyclic amines) is 1. The molecule has 1 aromatic rings. The Bertz CT molecular complexity index is 406. The summed E-state index contributed by atoms with van der Waals surface area (Å²) in [5.41, 5.74) is 1.44. The number of nitrogens with zero attached hydrogens (tertiary/aromatic N) is 1. The van der Waals surface area contributed by atoms with Gasteiger partial charge in [0.05, 0.1) is 0 Å². The van der Waals surface area contributed by atoms with Crippen molar-refractivity contribution in [3.8, 4) is 0 Å². The largest absolute Gasteiger partial charge is 0.298 e. The Morgan fingerprint density at radius 1 is 1.31 bits per heavy atom. The van der Waals surface area contributed by atoms with Crippen LogP contribution in [0.4, 0.5) is 4.39 Å². The first-order valence-electron chi connectivity index (χ1n) is 5.83. The van der Waals surface area contributed by atoms with E-state index in [0.29, 0.717) is 5.41 Å². The summed E-state index contributed by atoms with van der Waals surface area (Å²) < 4.78 is 14.5. The predicted octanol–water partition coefficient (Wildman–Crippen LogP) is 3.57. The second kappa shape index (κ2) is 3.81. The molecule has 1 aromatic carbocycles. The van der Waals surface area contributed by atoms with Gasteiger partial charge in [-0.2, -0.15) is 0 Å². The summed E-state index contributed by atoms with van der Waals surface area (Å²) in [6.07, 6.45) is 4.15. The van der Waals surface area contributed by atoms with Gasteiger partial charge in [0.25, 0.3) is 0 Å². The van der Waals surface area contributed by atoms with Crippen LogP contribution in [0.3, 0.4) is 0 Å². The highest BCUT2D eigenvalue weighted by molar-refractivity contribution is 9.10. The van der Waals surface area contributed by atoms with Crippen molar-refractivity contribution in [1.82, 2.24) is 4.90 Å². The van der Waals surface area contributed by atoms with E-state index in [4.69, 9.17) is 0 Å². The number of hydrogen-bond acceptors (Lipinski definition) is 1. The lowest BCUT2D eigenvalue weighted by Gasteiger charge is -2.56. The van der Waals surface area contributed by atoms with Crippen LogP contribution in [0, 0.1) is 11.2 Å². The Balaban J connectivity index is 1.64. The summed E-state index contributed by atoms with van der Waals surface area (Å²) >= 11 is 3.39. The molecule has 0 unspecified atom stereocenters. The third-order valence-corrected chi connectivity index (χ3v) is 4.43. The van der Waals surface area contributed by atoms with Gasteiger partial charge in [-0.3, -0.25) is 4.90 Å². The zero-order valence-corrected chi connectivity index (χ0v) is 10.8. The van der Waals surface area contributed by atoms with Crippen molar-refractivity contribution < 1.29 is 4.39 Å². The van der Waals surface area contributed by atoms with Gasteiger partial charge in [0.15, 0.2) is 0 Å². The maximum atomic E-state index is 13.5. The molecule has 2 aliphatic rings. The maximum absolute atomic E-state index is 13.5. The zero-order valence-electron chi connectivity index (χ0n) is 9.18. The molecule has 1 nitrogen and oxygen atoms in total. The smallest absolute Gasteiger partial charge is 0.127 e. The van der Waals surface area contributed by atoms with Crippen LogP contribution in [-0.4, -0.2) is 18.0 Å². The summed E-state index contributed by atoms with van der Waals surface area (Å²) in [6, 6.07) is 5.18. The number of halogens is 2. The number of hydrogen-bond donors (Lipinski definition) is 0. The van der Waals surface area contributed by atoms with E-state index in [1.165, 1.54) is 38.4 Å². The standard InChI is InChI=1S/C13H15BrFN/c14-11-2-3-12(15)10(6-11)7-16-8-13(9-16)4-1-5-13/h2-3,6H,1,4-5,7-9H2. The molecular formula is C13H15BrFN. The fraction of sp³-hybridized carbons (Fsp3) is 0.538. The van der Waals surface area contributed by atoms with E-state index in [2.05, 4.69) is 20.8 Å². The third-order valence-electron chi connectivity index (χ3n) is 3.93. The van der Waals surface area contributed by atoms with Crippen LogP contribution in [0.1, 0.15) is 24.8 Å². The van der Waals surface area contributed by atoms with E-state index >= 15 is 0 Å². The zero-order chi connectivity index (χ0) is 11.2. The molecule has 1 saturated carbocycles. The van der Waals surface area contributed by atoms with Gasteiger partial charge in [-0.1, -0.05) is 22.4 Å². The molecule has 1 spiro atoms. The van der Waals surface area contributed by atoms with E-state index < -0.39 is 0 Å². The molecule has 3 rings (SSSR count). The quantitative estimate of drug-likeness (QED) is 0.802. The van der Waals surface area contributed by atoms with E-state index in [1.54, 1.807) is 6.07 Å². The second-order valence-corrected chi connectivity index (χ2v) is 6.15. The molecule has 1 aliphatic heterocycles. The van der Waals surface area contributed by atoms with Gasteiger partial charge in [0, 0.05) is 29.7 Å². The van der Waals surface area contributed by atoms with E-state index in [9.17, 15) is 4.39 Å². The molecule has 0 aromatic heterocycles. The average Bonchev–Trinajstić information content (AvgIpc) is 2.13. The van der Waals surface area contributed by atoms with Crippen molar-refractivity contribution in [2.45, 2.75) is 25.8 Å². The number of rotatable bonds is 2. The van der Waals surface area contributed by atoms with Gasteiger partial charge in [-0.05, 0) is 36.5 Å². The third kappa shape index (κ3) is 1.80. The minimum absolute atomic E-state index is 0.0854. The van der Waals surface area contributed by atoms with Crippen LogP contribution in [0.15, 0.2) is 22.7 Å². The molecule has 0 bridgehead atoms.